The quantitative estimate of drug-likeness (QED) is 0.487. The highest BCUT2D eigenvalue weighted by molar-refractivity contribution is 6.14. The molecule has 0 amide bonds. The molecule has 2 atom stereocenters. The number of ether oxygens (including phenoxy) is 1. The number of aromatic amines is 1. The molecule has 1 aliphatic heterocycles. The molecule has 2 aliphatic rings. The Morgan fingerprint density at radius 2 is 1.97 bits per heavy atom. The largest absolute Gasteiger partial charge is 0.421 e. The third-order valence-electron chi connectivity index (χ3n) is 6.02. The van der Waals surface area contributed by atoms with Gasteiger partial charge in [-0.15, -0.1) is 0 Å². The number of anilines is 2. The fourth-order valence-electron chi connectivity index (χ4n) is 4.45. The van der Waals surface area contributed by atoms with Crippen molar-refractivity contribution < 1.29 is 4.74 Å². The Kier molecular flexibility index (Phi) is 3.42. The van der Waals surface area contributed by atoms with Gasteiger partial charge in [0, 0.05) is 31.6 Å². The lowest BCUT2D eigenvalue weighted by Crippen LogP contribution is -2.29. The van der Waals surface area contributed by atoms with E-state index in [1.807, 2.05) is 19.2 Å². The van der Waals surface area contributed by atoms with Crippen LogP contribution in [0.2, 0.25) is 0 Å². The van der Waals surface area contributed by atoms with Crippen LogP contribution in [0.3, 0.4) is 0 Å². The molecular formula is C20H20N8O. The SMILES string of the molecule is CNc1cccc2c1[nH]c1nc(Oc3cncnc3)nc(N3CC4C(N)C4C3)c12. The van der Waals surface area contributed by atoms with E-state index in [4.69, 9.17) is 15.5 Å². The van der Waals surface area contributed by atoms with Crippen LogP contribution in [0.4, 0.5) is 11.5 Å². The van der Waals surface area contributed by atoms with Crippen LogP contribution in [0.25, 0.3) is 21.9 Å². The maximum Gasteiger partial charge on any atom is 0.326 e. The van der Waals surface area contributed by atoms with Crippen LogP contribution in [-0.4, -0.2) is 51.1 Å². The second-order valence-corrected chi connectivity index (χ2v) is 7.64. The third-order valence-corrected chi connectivity index (χ3v) is 6.02. The molecule has 2 fully saturated rings. The Hall–Kier alpha value is -3.46. The molecule has 146 valence electrons. The maximum atomic E-state index is 6.15. The smallest absolute Gasteiger partial charge is 0.326 e. The fourth-order valence-corrected chi connectivity index (χ4v) is 4.45. The first kappa shape index (κ1) is 16.5. The molecule has 6 rings (SSSR count). The van der Waals surface area contributed by atoms with Crippen LogP contribution < -0.4 is 20.7 Å². The maximum absolute atomic E-state index is 6.15. The third kappa shape index (κ3) is 2.51. The van der Waals surface area contributed by atoms with Crippen LogP contribution >= 0.6 is 0 Å². The molecule has 1 saturated carbocycles. The zero-order valence-electron chi connectivity index (χ0n) is 15.8. The molecule has 29 heavy (non-hydrogen) atoms. The molecule has 0 radical (unpaired) electrons. The minimum Gasteiger partial charge on any atom is -0.421 e. The summed E-state index contributed by atoms with van der Waals surface area (Å²) in [6, 6.07) is 6.75. The highest BCUT2D eigenvalue weighted by atomic mass is 16.5. The average molecular weight is 388 g/mol. The van der Waals surface area contributed by atoms with E-state index < -0.39 is 0 Å². The summed E-state index contributed by atoms with van der Waals surface area (Å²) >= 11 is 0. The lowest BCUT2D eigenvalue weighted by Gasteiger charge is -2.21. The van der Waals surface area contributed by atoms with Crippen LogP contribution in [0.15, 0.2) is 36.9 Å². The van der Waals surface area contributed by atoms with Crippen molar-refractivity contribution in [1.82, 2.24) is 24.9 Å². The molecule has 4 N–H and O–H groups in total. The second kappa shape index (κ2) is 6.02. The summed E-state index contributed by atoms with van der Waals surface area (Å²) in [6.45, 7) is 1.81. The number of nitrogens with two attached hydrogens (primary N) is 1. The van der Waals surface area contributed by atoms with Gasteiger partial charge in [-0.05, 0) is 17.9 Å². The Labute approximate surface area is 166 Å². The van der Waals surface area contributed by atoms with Gasteiger partial charge in [0.25, 0.3) is 0 Å². The van der Waals surface area contributed by atoms with E-state index in [-0.39, 0.29) is 6.01 Å². The van der Waals surface area contributed by atoms with E-state index in [0.717, 1.165) is 46.5 Å². The number of rotatable bonds is 4. The van der Waals surface area contributed by atoms with Gasteiger partial charge in [0.15, 0.2) is 5.75 Å². The minimum atomic E-state index is 0.268. The molecule has 9 nitrogen and oxygen atoms in total. The van der Waals surface area contributed by atoms with Crippen molar-refractivity contribution in [3.63, 3.8) is 0 Å². The topological polar surface area (TPSA) is 118 Å². The monoisotopic (exact) mass is 388 g/mol. The zero-order valence-corrected chi connectivity index (χ0v) is 15.8. The van der Waals surface area contributed by atoms with E-state index in [2.05, 4.69) is 36.2 Å². The van der Waals surface area contributed by atoms with Crippen LogP contribution in [0.1, 0.15) is 0 Å². The van der Waals surface area contributed by atoms with Gasteiger partial charge < -0.3 is 25.7 Å². The van der Waals surface area contributed by atoms with Crippen molar-refractivity contribution in [2.24, 2.45) is 17.6 Å². The van der Waals surface area contributed by atoms with E-state index >= 15 is 0 Å². The number of piperidine rings is 1. The van der Waals surface area contributed by atoms with Crippen molar-refractivity contribution in [2.75, 3.05) is 30.4 Å². The van der Waals surface area contributed by atoms with Gasteiger partial charge in [-0.1, -0.05) is 12.1 Å². The summed E-state index contributed by atoms with van der Waals surface area (Å²) in [5, 5.41) is 5.32. The Bertz CT molecular complexity index is 1210. The van der Waals surface area contributed by atoms with Crippen LogP contribution in [0.5, 0.6) is 11.8 Å². The van der Waals surface area contributed by atoms with Gasteiger partial charge in [0.2, 0.25) is 0 Å². The molecule has 0 bridgehead atoms. The highest BCUT2D eigenvalue weighted by Crippen LogP contribution is 2.47. The first-order valence-electron chi connectivity index (χ1n) is 9.66. The molecule has 4 aromatic rings. The van der Waals surface area contributed by atoms with Crippen molar-refractivity contribution in [3.05, 3.63) is 36.9 Å². The van der Waals surface area contributed by atoms with Gasteiger partial charge in [-0.3, -0.25) is 0 Å². The minimum absolute atomic E-state index is 0.268. The molecule has 3 aromatic heterocycles. The van der Waals surface area contributed by atoms with E-state index in [1.165, 1.54) is 6.33 Å². The molecule has 2 unspecified atom stereocenters. The lowest BCUT2D eigenvalue weighted by atomic mass is 10.1. The predicted molar refractivity (Wildman–Crippen MR) is 110 cm³/mol. The average Bonchev–Trinajstić information content (AvgIpc) is 3.12. The Morgan fingerprint density at radius 1 is 1.17 bits per heavy atom. The van der Waals surface area contributed by atoms with Gasteiger partial charge in [-0.25, -0.2) is 9.97 Å². The highest BCUT2D eigenvalue weighted by Gasteiger charge is 2.54. The lowest BCUT2D eigenvalue weighted by molar-refractivity contribution is 0.439. The summed E-state index contributed by atoms with van der Waals surface area (Å²) < 4.78 is 5.86. The number of nitrogens with one attached hydrogen (secondary N) is 2. The van der Waals surface area contributed by atoms with Gasteiger partial charge in [0.1, 0.15) is 17.8 Å². The number of hydrogen-bond acceptors (Lipinski definition) is 8. The summed E-state index contributed by atoms with van der Waals surface area (Å²) in [5.74, 6) is 2.46. The number of H-pyrrole nitrogens is 1. The molecule has 1 saturated heterocycles. The Balaban J connectivity index is 1.53. The number of aromatic nitrogens is 5. The van der Waals surface area contributed by atoms with Gasteiger partial charge in [0.05, 0.1) is 29.0 Å². The van der Waals surface area contributed by atoms with Crippen LogP contribution in [-0.2, 0) is 0 Å². The van der Waals surface area contributed by atoms with Crippen LogP contribution in [0, 0.1) is 11.8 Å². The Morgan fingerprint density at radius 3 is 2.72 bits per heavy atom. The first-order valence-corrected chi connectivity index (χ1v) is 9.66. The van der Waals surface area contributed by atoms with E-state index in [9.17, 15) is 0 Å². The number of hydrogen-bond donors (Lipinski definition) is 3. The summed E-state index contributed by atoms with van der Waals surface area (Å²) in [6.07, 6.45) is 4.64. The molecule has 9 heteroatoms. The predicted octanol–water partition coefficient (Wildman–Crippen LogP) is 2.13. The van der Waals surface area contributed by atoms with Crippen molar-refractivity contribution in [3.8, 4) is 11.8 Å². The number of benzene rings is 1. The molecule has 1 aromatic carbocycles. The normalized spacial score (nSPS) is 22.8. The molecule has 4 heterocycles. The summed E-state index contributed by atoms with van der Waals surface area (Å²) in [5.41, 5.74) is 8.91. The van der Waals surface area contributed by atoms with E-state index in [0.29, 0.717) is 23.6 Å². The van der Waals surface area contributed by atoms with Gasteiger partial charge >= 0.3 is 6.01 Å². The summed E-state index contributed by atoms with van der Waals surface area (Å²) in [7, 11) is 1.91. The van der Waals surface area contributed by atoms with Gasteiger partial charge in [-0.2, -0.15) is 9.97 Å². The number of para-hydroxylation sites is 1. The molecule has 0 spiro atoms. The number of fused-ring (bicyclic) bond motifs is 4. The van der Waals surface area contributed by atoms with Crippen molar-refractivity contribution in [2.45, 2.75) is 6.04 Å². The second-order valence-electron chi connectivity index (χ2n) is 7.64. The molecule has 1 aliphatic carbocycles. The fraction of sp³-hybridized carbons (Fsp3) is 0.300. The zero-order chi connectivity index (χ0) is 19.5. The molecular weight excluding hydrogens is 368 g/mol. The van der Waals surface area contributed by atoms with Crippen molar-refractivity contribution >= 4 is 33.4 Å². The van der Waals surface area contributed by atoms with Crippen molar-refractivity contribution in [1.29, 1.82) is 0 Å². The standard InChI is InChI=1S/C20H20N8O/c1-22-14-4-2-3-11-15-18(25-17(11)14)26-20(29-10-5-23-9-24-6-10)27-19(15)28-7-12-13(8-28)16(12)21/h2-6,9,12-13,16,22H,7-8,21H2,1H3,(H,25,26,27). The number of nitrogens with zero attached hydrogens (tertiary/aromatic N) is 5. The van der Waals surface area contributed by atoms with E-state index in [1.54, 1.807) is 12.4 Å². The first-order chi connectivity index (χ1) is 14.2. The summed E-state index contributed by atoms with van der Waals surface area (Å²) in [4.78, 5) is 23.2.